The second-order valence-electron chi connectivity index (χ2n) is 5.87. The fourth-order valence-electron chi connectivity index (χ4n) is 2.43. The maximum absolute atomic E-state index is 12.5. The Balaban J connectivity index is 2.08. The standard InChI is InChI=1S/C21H19N3O3/c1-3-15-8-10-17(11-9-15)24-21(26)18(13-23)20(25)14(2)27-19-7-5-4-6-16(19)12-22/h4-11,14,18H,3H2,1-2H3,(H,24,26). The number of nitrogens with zero attached hydrogens (tertiary/aromatic N) is 2. The van der Waals surface area contributed by atoms with E-state index in [0.29, 0.717) is 5.69 Å². The van der Waals surface area contributed by atoms with Gasteiger partial charge in [0.1, 0.15) is 11.8 Å². The Labute approximate surface area is 158 Å². The number of carbonyl (C=O) groups is 2. The van der Waals surface area contributed by atoms with Crippen molar-refractivity contribution in [2.45, 2.75) is 26.4 Å². The van der Waals surface area contributed by atoms with Crippen molar-refractivity contribution < 1.29 is 14.3 Å². The van der Waals surface area contributed by atoms with Gasteiger partial charge < -0.3 is 10.1 Å². The number of Topliss-reactive ketones (excluding diaryl/α,β-unsaturated/α-hetero) is 1. The Kier molecular flexibility index (Phi) is 6.68. The molecule has 0 saturated heterocycles. The van der Waals surface area contributed by atoms with Crippen molar-refractivity contribution in [3.63, 3.8) is 0 Å². The molecule has 6 nitrogen and oxygen atoms in total. The zero-order valence-corrected chi connectivity index (χ0v) is 15.1. The normalized spacial score (nSPS) is 12.1. The molecule has 2 aromatic carbocycles. The summed E-state index contributed by atoms with van der Waals surface area (Å²) in [5.41, 5.74) is 1.89. The van der Waals surface area contributed by atoms with E-state index in [4.69, 9.17) is 10.00 Å². The molecule has 2 atom stereocenters. The minimum Gasteiger partial charge on any atom is -0.482 e. The van der Waals surface area contributed by atoms with Crippen molar-refractivity contribution in [1.29, 1.82) is 10.5 Å². The molecule has 1 amide bonds. The molecule has 0 spiro atoms. The second kappa shape index (κ2) is 9.17. The van der Waals surface area contributed by atoms with Gasteiger partial charge in [-0.05, 0) is 43.2 Å². The first-order valence-corrected chi connectivity index (χ1v) is 8.49. The van der Waals surface area contributed by atoms with Crippen LogP contribution < -0.4 is 10.1 Å². The molecular formula is C21H19N3O3. The summed E-state index contributed by atoms with van der Waals surface area (Å²) in [6, 6.07) is 17.3. The Hall–Kier alpha value is -3.64. The fourth-order valence-corrected chi connectivity index (χ4v) is 2.43. The predicted octanol–water partition coefficient (Wildman–Crippen LogP) is 3.24. The van der Waals surface area contributed by atoms with E-state index in [9.17, 15) is 14.9 Å². The number of amides is 1. The number of nitrogens with one attached hydrogen (secondary N) is 1. The number of para-hydroxylation sites is 1. The number of ether oxygens (including phenoxy) is 1. The lowest BCUT2D eigenvalue weighted by Gasteiger charge is -2.17. The van der Waals surface area contributed by atoms with Crippen LogP contribution in [-0.4, -0.2) is 17.8 Å². The molecule has 1 N–H and O–H groups in total. The third-order valence-electron chi connectivity index (χ3n) is 4.02. The van der Waals surface area contributed by atoms with E-state index in [0.717, 1.165) is 12.0 Å². The summed E-state index contributed by atoms with van der Waals surface area (Å²) in [6.45, 7) is 3.47. The minimum atomic E-state index is -1.51. The van der Waals surface area contributed by atoms with Gasteiger partial charge in [0.15, 0.2) is 17.8 Å². The summed E-state index contributed by atoms with van der Waals surface area (Å²) >= 11 is 0. The highest BCUT2D eigenvalue weighted by molar-refractivity contribution is 6.10. The Morgan fingerprint density at radius 3 is 2.37 bits per heavy atom. The highest BCUT2D eigenvalue weighted by Crippen LogP contribution is 2.20. The first kappa shape index (κ1) is 19.7. The molecule has 0 heterocycles. The summed E-state index contributed by atoms with van der Waals surface area (Å²) in [5, 5.41) is 21.0. The van der Waals surface area contributed by atoms with Gasteiger partial charge in [-0.2, -0.15) is 10.5 Å². The van der Waals surface area contributed by atoms with E-state index in [1.54, 1.807) is 42.5 Å². The smallest absolute Gasteiger partial charge is 0.249 e. The lowest BCUT2D eigenvalue weighted by molar-refractivity contribution is -0.133. The molecule has 2 aromatic rings. The Bertz CT molecular complexity index is 908. The Morgan fingerprint density at radius 2 is 1.78 bits per heavy atom. The molecular weight excluding hydrogens is 342 g/mol. The highest BCUT2D eigenvalue weighted by Gasteiger charge is 2.32. The van der Waals surface area contributed by atoms with Crippen LogP contribution >= 0.6 is 0 Å². The summed E-state index contributed by atoms with van der Waals surface area (Å²) in [5.74, 6) is -2.67. The van der Waals surface area contributed by atoms with Crippen molar-refractivity contribution in [1.82, 2.24) is 0 Å². The van der Waals surface area contributed by atoms with Crippen LogP contribution in [0.3, 0.4) is 0 Å². The first-order valence-electron chi connectivity index (χ1n) is 8.49. The predicted molar refractivity (Wildman–Crippen MR) is 99.8 cm³/mol. The third-order valence-corrected chi connectivity index (χ3v) is 4.02. The summed E-state index contributed by atoms with van der Waals surface area (Å²) < 4.78 is 5.51. The van der Waals surface area contributed by atoms with Crippen molar-refractivity contribution in [2.24, 2.45) is 5.92 Å². The summed E-state index contributed by atoms with van der Waals surface area (Å²) in [6.07, 6.45) is -0.190. The average Bonchev–Trinajstić information content (AvgIpc) is 2.69. The SMILES string of the molecule is CCc1ccc(NC(=O)C(C#N)C(=O)C(C)Oc2ccccc2C#N)cc1. The van der Waals surface area contributed by atoms with Crippen LogP contribution in [0.5, 0.6) is 5.75 Å². The van der Waals surface area contributed by atoms with E-state index in [1.807, 2.05) is 25.1 Å². The van der Waals surface area contributed by atoms with E-state index < -0.39 is 23.7 Å². The molecule has 2 rings (SSSR count). The van der Waals surface area contributed by atoms with Crippen molar-refractivity contribution in [3.05, 3.63) is 59.7 Å². The van der Waals surface area contributed by atoms with Gasteiger partial charge in [-0.15, -0.1) is 0 Å². The van der Waals surface area contributed by atoms with Gasteiger partial charge in [0, 0.05) is 5.69 Å². The summed E-state index contributed by atoms with van der Waals surface area (Å²) in [4.78, 5) is 24.9. The van der Waals surface area contributed by atoms with Crippen LogP contribution in [-0.2, 0) is 16.0 Å². The number of benzene rings is 2. The van der Waals surface area contributed by atoms with Gasteiger partial charge in [0.25, 0.3) is 0 Å². The third kappa shape index (κ3) is 4.93. The van der Waals surface area contributed by atoms with Crippen molar-refractivity contribution >= 4 is 17.4 Å². The molecule has 0 bridgehead atoms. The van der Waals surface area contributed by atoms with E-state index in [1.165, 1.54) is 6.92 Å². The second-order valence-corrected chi connectivity index (χ2v) is 5.87. The molecule has 0 aromatic heterocycles. The summed E-state index contributed by atoms with van der Waals surface area (Å²) in [7, 11) is 0. The van der Waals surface area contributed by atoms with Crippen molar-refractivity contribution in [3.8, 4) is 17.9 Å². The number of ketones is 1. The van der Waals surface area contributed by atoms with Gasteiger partial charge >= 0.3 is 0 Å². The Morgan fingerprint density at radius 1 is 1.11 bits per heavy atom. The fraction of sp³-hybridized carbons (Fsp3) is 0.238. The molecule has 136 valence electrons. The molecule has 6 heteroatoms. The molecule has 0 aliphatic heterocycles. The number of aryl methyl sites for hydroxylation is 1. The molecule has 0 aliphatic rings. The van der Waals surface area contributed by atoms with Gasteiger partial charge in [-0.1, -0.05) is 31.2 Å². The van der Waals surface area contributed by atoms with Crippen LogP contribution in [0.15, 0.2) is 48.5 Å². The largest absolute Gasteiger partial charge is 0.482 e. The number of anilines is 1. The van der Waals surface area contributed by atoms with Crippen LogP contribution in [0.2, 0.25) is 0 Å². The average molecular weight is 361 g/mol. The zero-order chi connectivity index (χ0) is 19.8. The van der Waals surface area contributed by atoms with E-state index in [-0.39, 0.29) is 11.3 Å². The molecule has 0 saturated carbocycles. The van der Waals surface area contributed by atoms with E-state index >= 15 is 0 Å². The first-order chi connectivity index (χ1) is 13.0. The van der Waals surface area contributed by atoms with Crippen LogP contribution in [0.1, 0.15) is 25.0 Å². The van der Waals surface area contributed by atoms with Crippen LogP contribution in [0, 0.1) is 28.6 Å². The van der Waals surface area contributed by atoms with Gasteiger partial charge in [-0.3, -0.25) is 9.59 Å². The van der Waals surface area contributed by atoms with Crippen molar-refractivity contribution in [2.75, 3.05) is 5.32 Å². The van der Waals surface area contributed by atoms with Gasteiger partial charge in [0.05, 0.1) is 11.6 Å². The number of hydrogen-bond donors (Lipinski definition) is 1. The quantitative estimate of drug-likeness (QED) is 0.763. The maximum atomic E-state index is 12.5. The molecule has 0 aliphatic carbocycles. The molecule has 0 fully saturated rings. The number of carbonyl (C=O) groups excluding carboxylic acids is 2. The topological polar surface area (TPSA) is 103 Å². The monoisotopic (exact) mass is 361 g/mol. The lowest BCUT2D eigenvalue weighted by Crippen LogP contribution is -2.37. The lowest BCUT2D eigenvalue weighted by atomic mass is 10.0. The molecule has 0 radical (unpaired) electrons. The zero-order valence-electron chi connectivity index (χ0n) is 15.1. The minimum absolute atomic E-state index is 0.230. The molecule has 27 heavy (non-hydrogen) atoms. The number of nitriles is 2. The van der Waals surface area contributed by atoms with Crippen LogP contribution in [0.25, 0.3) is 0 Å². The van der Waals surface area contributed by atoms with Gasteiger partial charge in [-0.25, -0.2) is 0 Å². The van der Waals surface area contributed by atoms with E-state index in [2.05, 4.69) is 5.32 Å². The maximum Gasteiger partial charge on any atom is 0.249 e. The number of rotatable bonds is 7. The number of hydrogen-bond acceptors (Lipinski definition) is 5. The van der Waals surface area contributed by atoms with Gasteiger partial charge in [0.2, 0.25) is 5.91 Å². The highest BCUT2D eigenvalue weighted by atomic mass is 16.5. The van der Waals surface area contributed by atoms with Crippen LogP contribution in [0.4, 0.5) is 5.69 Å². The molecule has 2 unspecified atom stereocenters.